The maximum absolute atomic E-state index is 13.0. The molecule has 3 saturated heterocycles. The quantitative estimate of drug-likeness (QED) is 0.0572. The van der Waals surface area contributed by atoms with Gasteiger partial charge in [-0.3, -0.25) is 14.4 Å². The molecule has 61 heavy (non-hydrogen) atoms. The van der Waals surface area contributed by atoms with Gasteiger partial charge in [0.05, 0.1) is 56.3 Å². The molecule has 18 unspecified atom stereocenters. The second kappa shape index (κ2) is 20.6. The normalized spacial score (nSPS) is 37.2. The number of aliphatic hydroxyl groups excluding tert-OH is 10. The third kappa shape index (κ3) is 11.4. The minimum Gasteiger partial charge on any atom is -0.477 e. The van der Waals surface area contributed by atoms with E-state index in [0.29, 0.717) is 0 Å². The Morgan fingerprint density at radius 1 is 0.557 bits per heavy atom. The van der Waals surface area contributed by atoms with Crippen LogP contribution in [0.5, 0.6) is 0 Å². The molecular weight excluding hydrogens is 838 g/mol. The first-order chi connectivity index (χ1) is 28.2. The van der Waals surface area contributed by atoms with E-state index in [9.17, 15) is 100 Å². The molecule has 0 spiro atoms. The highest BCUT2D eigenvalue weighted by molar-refractivity contribution is 5.78. The van der Waals surface area contributed by atoms with Crippen molar-refractivity contribution in [2.75, 3.05) is 19.8 Å². The molecule has 0 aromatic carbocycles. The van der Waals surface area contributed by atoms with Crippen LogP contribution in [0.1, 0.15) is 40.0 Å². The first kappa shape index (κ1) is 51.5. The summed E-state index contributed by atoms with van der Waals surface area (Å²) in [6.07, 6.45) is -30.5. The van der Waals surface area contributed by atoms with Gasteiger partial charge in [-0.1, -0.05) is 0 Å². The van der Waals surface area contributed by atoms with Crippen molar-refractivity contribution in [1.82, 2.24) is 16.0 Å². The lowest BCUT2D eigenvalue weighted by Crippen LogP contribution is -2.71. The summed E-state index contributed by atoms with van der Waals surface area (Å²) >= 11 is 0. The predicted molar refractivity (Wildman–Crippen MR) is 188 cm³/mol. The van der Waals surface area contributed by atoms with Gasteiger partial charge in [0.25, 0.3) is 17.4 Å². The molecule has 0 aromatic rings. The van der Waals surface area contributed by atoms with E-state index in [1.54, 1.807) is 0 Å². The molecule has 0 aromatic heterocycles. The minimum atomic E-state index is -3.35. The van der Waals surface area contributed by atoms with Gasteiger partial charge in [0.1, 0.15) is 54.9 Å². The molecule has 3 aliphatic rings. The molecule has 0 bridgehead atoms. The van der Waals surface area contributed by atoms with Gasteiger partial charge in [0.15, 0.2) is 0 Å². The summed E-state index contributed by atoms with van der Waals surface area (Å²) in [5.74, 6) is -18.9. The number of carbonyl (C=O) groups is 6. The van der Waals surface area contributed by atoms with Gasteiger partial charge >= 0.3 is 17.9 Å². The minimum absolute atomic E-state index is 0.842. The van der Waals surface area contributed by atoms with Crippen molar-refractivity contribution in [2.45, 2.75) is 149 Å². The number of carbonyl (C=O) groups excluding carboxylic acids is 3. The highest BCUT2D eigenvalue weighted by Crippen LogP contribution is 2.39. The van der Waals surface area contributed by atoms with E-state index < -0.39 is 183 Å². The maximum Gasteiger partial charge on any atom is 0.364 e. The first-order valence-corrected chi connectivity index (χ1v) is 18.5. The van der Waals surface area contributed by atoms with Gasteiger partial charge in [-0.25, -0.2) is 14.4 Å². The van der Waals surface area contributed by atoms with Crippen LogP contribution in [0.2, 0.25) is 0 Å². The number of carboxylic acid groups (broad SMARTS) is 3. The van der Waals surface area contributed by atoms with E-state index in [1.165, 1.54) is 0 Å². The van der Waals surface area contributed by atoms with Crippen LogP contribution in [0.25, 0.3) is 0 Å². The van der Waals surface area contributed by atoms with E-state index in [4.69, 9.17) is 23.7 Å². The summed E-state index contributed by atoms with van der Waals surface area (Å²) < 4.78 is 27.3. The Balaban J connectivity index is 2.08. The zero-order chi connectivity index (χ0) is 46.5. The van der Waals surface area contributed by atoms with Gasteiger partial charge in [-0.05, 0) is 0 Å². The van der Waals surface area contributed by atoms with Gasteiger partial charge < -0.3 is 111 Å². The topological polar surface area (TPSA) is 468 Å². The third-order valence-corrected chi connectivity index (χ3v) is 10.2. The number of nitrogens with one attached hydrogen (secondary N) is 3. The lowest BCUT2D eigenvalue weighted by atomic mass is 9.86. The van der Waals surface area contributed by atoms with E-state index in [2.05, 4.69) is 16.0 Å². The molecule has 0 saturated carbocycles. The summed E-state index contributed by atoms with van der Waals surface area (Å²) in [6.45, 7) is -1.20. The number of ether oxygens (including phenoxy) is 5. The van der Waals surface area contributed by atoms with Crippen molar-refractivity contribution in [3.8, 4) is 0 Å². The zero-order valence-corrected chi connectivity index (χ0v) is 32.7. The molecule has 3 fully saturated rings. The van der Waals surface area contributed by atoms with E-state index in [-0.39, 0.29) is 0 Å². The molecule has 3 amide bonds. The average Bonchev–Trinajstić information content (AvgIpc) is 3.17. The fraction of sp³-hybridized carbons (Fsp3) is 0.818. The van der Waals surface area contributed by atoms with Crippen molar-refractivity contribution in [3.05, 3.63) is 0 Å². The largest absolute Gasteiger partial charge is 0.477 e. The Labute approximate surface area is 344 Å². The SMILES string of the molecule is CC(=O)NC1C(O)CC(OC(CO)C(O)C2OC(OC(CO)C(O)C3OC(O)(C(=O)O)CC(O)C3NC(C)=O)(C(=O)O)CC(O)C2NC(C)=O)(C(=O)O)OC1C(O)C(O)CO. The van der Waals surface area contributed by atoms with Crippen molar-refractivity contribution >= 4 is 35.6 Å². The number of hydrogen-bond acceptors (Lipinski definition) is 22. The molecule has 0 radical (unpaired) electrons. The highest BCUT2D eigenvalue weighted by atomic mass is 16.8. The first-order valence-electron chi connectivity index (χ1n) is 18.5. The Morgan fingerprint density at radius 3 is 1.18 bits per heavy atom. The fourth-order valence-electron chi connectivity index (χ4n) is 7.32. The molecule has 17 N–H and O–H groups in total. The summed E-state index contributed by atoms with van der Waals surface area (Å²) in [5.41, 5.74) is 0. The molecular formula is C33H53N3O25. The Morgan fingerprint density at radius 2 is 0.885 bits per heavy atom. The Bertz CT molecular complexity index is 1590. The van der Waals surface area contributed by atoms with E-state index in [0.717, 1.165) is 20.8 Å². The van der Waals surface area contributed by atoms with Gasteiger partial charge in [0, 0.05) is 40.0 Å². The molecule has 350 valence electrons. The third-order valence-electron chi connectivity index (χ3n) is 10.2. The molecule has 28 nitrogen and oxygen atoms in total. The van der Waals surface area contributed by atoms with Crippen molar-refractivity contribution in [1.29, 1.82) is 0 Å². The van der Waals surface area contributed by atoms with Gasteiger partial charge in [-0.2, -0.15) is 0 Å². The van der Waals surface area contributed by atoms with Crippen molar-refractivity contribution in [3.63, 3.8) is 0 Å². The molecule has 28 heteroatoms. The molecule has 18 atom stereocenters. The van der Waals surface area contributed by atoms with Gasteiger partial charge in [0.2, 0.25) is 17.7 Å². The smallest absolute Gasteiger partial charge is 0.364 e. The lowest BCUT2D eigenvalue weighted by molar-refractivity contribution is -0.356. The summed E-state index contributed by atoms with van der Waals surface area (Å²) in [4.78, 5) is 73.8. The number of aliphatic carboxylic acids is 3. The Kier molecular flexibility index (Phi) is 17.4. The standard InChI is InChI=1S/C33H53N3O25/c1-10(40)34-19-13(43)4-31(56,28(50)51)59-26(19)23(48)17(8-38)57-33(30(54)55)6-15(45)21(36-12(3)42)27(61-33)24(49)18(9-39)58-32(29(52)53)5-14(44)20(35-11(2)41)25(60-32)22(47)16(46)7-37/h13-27,37-39,43-49,56H,4-9H2,1-3H3,(H,34,40)(H,35,41)(H,36,42)(H,50,51)(H,52,53)(H,54,55). The second-order valence-corrected chi connectivity index (χ2v) is 14.8. The summed E-state index contributed by atoms with van der Waals surface area (Å²) in [6, 6.07) is -5.34. The van der Waals surface area contributed by atoms with Crippen LogP contribution in [0.3, 0.4) is 0 Å². The van der Waals surface area contributed by atoms with Crippen molar-refractivity contribution < 1.29 is 124 Å². The number of hydrogen-bond donors (Lipinski definition) is 17. The molecule has 3 aliphatic heterocycles. The van der Waals surface area contributed by atoms with Gasteiger partial charge in [-0.15, -0.1) is 0 Å². The van der Waals surface area contributed by atoms with Crippen LogP contribution in [-0.4, -0.2) is 236 Å². The van der Waals surface area contributed by atoms with Crippen LogP contribution >= 0.6 is 0 Å². The van der Waals surface area contributed by atoms with Crippen LogP contribution in [0.15, 0.2) is 0 Å². The maximum atomic E-state index is 13.0. The zero-order valence-electron chi connectivity index (χ0n) is 32.7. The van der Waals surface area contributed by atoms with Crippen molar-refractivity contribution in [2.24, 2.45) is 0 Å². The van der Waals surface area contributed by atoms with Crippen LogP contribution in [0.4, 0.5) is 0 Å². The molecule has 3 rings (SSSR count). The van der Waals surface area contributed by atoms with Crippen LogP contribution in [0, 0.1) is 0 Å². The highest BCUT2D eigenvalue weighted by Gasteiger charge is 2.62. The predicted octanol–water partition coefficient (Wildman–Crippen LogP) is -9.52. The van der Waals surface area contributed by atoms with E-state index in [1.807, 2.05) is 0 Å². The number of amides is 3. The number of carboxylic acids is 3. The second-order valence-electron chi connectivity index (χ2n) is 14.8. The summed E-state index contributed by atoms with van der Waals surface area (Å²) in [5, 5.41) is 155. The van der Waals surface area contributed by atoms with Crippen LogP contribution < -0.4 is 16.0 Å². The monoisotopic (exact) mass is 891 g/mol. The van der Waals surface area contributed by atoms with Crippen LogP contribution in [-0.2, 0) is 52.5 Å². The molecule has 3 heterocycles. The fourth-order valence-corrected chi connectivity index (χ4v) is 7.32. The Hall–Kier alpha value is -3.82. The van der Waals surface area contributed by atoms with E-state index >= 15 is 0 Å². The molecule has 0 aliphatic carbocycles. The average molecular weight is 892 g/mol. The summed E-state index contributed by atoms with van der Waals surface area (Å²) in [7, 11) is 0. The lowest BCUT2D eigenvalue weighted by Gasteiger charge is -2.50. The number of rotatable bonds is 19. The number of aliphatic hydroxyl groups is 11.